The number of furan rings is 1. The van der Waals surface area contributed by atoms with Crippen molar-refractivity contribution in [3.63, 3.8) is 0 Å². The zero-order chi connectivity index (χ0) is 21.3. The van der Waals surface area contributed by atoms with Gasteiger partial charge in [0.2, 0.25) is 0 Å². The largest absolute Gasteiger partial charge is 0.450 e. The number of halogens is 1. The van der Waals surface area contributed by atoms with Crippen LogP contribution in [-0.4, -0.2) is 17.8 Å². The molecule has 0 unspecified atom stereocenters. The second-order valence-electron chi connectivity index (χ2n) is 6.51. The van der Waals surface area contributed by atoms with Crippen LogP contribution in [0.15, 0.2) is 80.6 Å². The molecule has 1 N–H and O–H groups in total. The molecule has 0 saturated carbocycles. The monoisotopic (exact) mass is 422 g/mol. The van der Waals surface area contributed by atoms with E-state index in [0.29, 0.717) is 9.99 Å². The van der Waals surface area contributed by atoms with Crippen molar-refractivity contribution in [3.05, 3.63) is 83.4 Å². The Bertz CT molecular complexity index is 1180. The fourth-order valence-electron chi connectivity index (χ4n) is 2.84. The van der Waals surface area contributed by atoms with Crippen molar-refractivity contribution in [2.24, 2.45) is 0 Å². The number of anilines is 1. The first-order valence-electron chi connectivity index (χ1n) is 8.92. The Balaban J connectivity index is 1.60. The van der Waals surface area contributed by atoms with Crippen LogP contribution in [0.4, 0.5) is 14.9 Å². The number of hydrogen-bond acceptors (Lipinski definition) is 5. The van der Waals surface area contributed by atoms with Gasteiger partial charge < -0.3 is 4.42 Å². The molecular formula is C22H15FN2O4S. The summed E-state index contributed by atoms with van der Waals surface area (Å²) in [6.07, 6.45) is 1.26. The number of rotatable bonds is 4. The Morgan fingerprint density at radius 3 is 2.53 bits per heavy atom. The van der Waals surface area contributed by atoms with Crippen LogP contribution in [0.3, 0.4) is 0 Å². The number of hydrogen-bond donors (Lipinski definition) is 1. The summed E-state index contributed by atoms with van der Waals surface area (Å²) in [5.41, 5.74) is 0.870. The Hall–Kier alpha value is -3.65. The van der Waals surface area contributed by atoms with Crippen molar-refractivity contribution in [2.45, 2.75) is 16.9 Å². The smallest absolute Gasteiger partial charge is 0.335 e. The van der Waals surface area contributed by atoms with E-state index in [1.54, 1.807) is 12.1 Å². The molecule has 4 amide bonds. The molecule has 1 aliphatic heterocycles. The van der Waals surface area contributed by atoms with Gasteiger partial charge in [-0.25, -0.2) is 14.1 Å². The number of nitrogens with one attached hydrogen (secondary N) is 1. The highest BCUT2D eigenvalue weighted by Crippen LogP contribution is 2.30. The SMILES string of the molecule is Cc1ccc(Sc2ccc(/C=C3\C(=O)NC(=O)N(c4cccc(F)c4)C3=O)o2)cc1. The zero-order valence-electron chi connectivity index (χ0n) is 15.7. The molecule has 1 aliphatic rings. The van der Waals surface area contributed by atoms with Crippen LogP contribution in [-0.2, 0) is 9.59 Å². The van der Waals surface area contributed by atoms with Crippen LogP contribution in [0.2, 0.25) is 0 Å². The summed E-state index contributed by atoms with van der Waals surface area (Å²) in [7, 11) is 0. The van der Waals surface area contributed by atoms with E-state index in [-0.39, 0.29) is 17.0 Å². The van der Waals surface area contributed by atoms with Crippen molar-refractivity contribution < 1.29 is 23.2 Å². The van der Waals surface area contributed by atoms with Crippen molar-refractivity contribution in [1.82, 2.24) is 5.32 Å². The molecule has 3 aromatic rings. The third-order valence-electron chi connectivity index (χ3n) is 4.30. The molecule has 0 bridgehead atoms. The van der Waals surface area contributed by atoms with E-state index in [1.165, 1.54) is 36.0 Å². The molecule has 8 heteroatoms. The van der Waals surface area contributed by atoms with Crippen molar-refractivity contribution >= 4 is 41.4 Å². The molecule has 0 aliphatic carbocycles. The van der Waals surface area contributed by atoms with Gasteiger partial charge in [-0.05, 0) is 55.5 Å². The fourth-order valence-corrected chi connectivity index (χ4v) is 3.62. The highest BCUT2D eigenvalue weighted by atomic mass is 32.2. The molecule has 1 fully saturated rings. The molecule has 2 aromatic carbocycles. The van der Waals surface area contributed by atoms with Gasteiger partial charge in [-0.2, -0.15) is 0 Å². The van der Waals surface area contributed by atoms with Crippen LogP contribution in [0.25, 0.3) is 6.08 Å². The van der Waals surface area contributed by atoms with Gasteiger partial charge >= 0.3 is 6.03 Å². The lowest BCUT2D eigenvalue weighted by molar-refractivity contribution is -0.122. The number of urea groups is 1. The highest BCUT2D eigenvalue weighted by Gasteiger charge is 2.37. The molecule has 1 saturated heterocycles. The van der Waals surface area contributed by atoms with Crippen LogP contribution in [0.5, 0.6) is 0 Å². The number of aryl methyl sites for hydroxylation is 1. The summed E-state index contributed by atoms with van der Waals surface area (Å²) in [6.45, 7) is 2.00. The lowest BCUT2D eigenvalue weighted by Gasteiger charge is -2.26. The minimum absolute atomic E-state index is 0.0194. The van der Waals surface area contributed by atoms with E-state index in [2.05, 4.69) is 5.32 Å². The maximum atomic E-state index is 13.5. The second kappa shape index (κ2) is 8.00. The number of imide groups is 2. The van der Waals surface area contributed by atoms with E-state index in [4.69, 9.17) is 4.42 Å². The van der Waals surface area contributed by atoms with E-state index in [1.807, 2.05) is 31.2 Å². The molecule has 150 valence electrons. The standard InChI is InChI=1S/C22H15FN2O4S/c1-13-5-8-17(9-6-13)30-19-10-7-16(29-19)12-18-20(26)24-22(28)25(21(18)27)15-4-2-3-14(23)11-15/h2-12H,1H3,(H,24,26,28)/b18-12+. The Kier molecular flexibility index (Phi) is 5.24. The first kappa shape index (κ1) is 19.7. The lowest BCUT2D eigenvalue weighted by atomic mass is 10.1. The number of carbonyl (C=O) groups is 3. The van der Waals surface area contributed by atoms with Crippen molar-refractivity contribution in [1.29, 1.82) is 0 Å². The summed E-state index contributed by atoms with van der Waals surface area (Å²) < 4.78 is 19.2. The molecule has 6 nitrogen and oxygen atoms in total. The van der Waals surface area contributed by atoms with E-state index in [9.17, 15) is 18.8 Å². The number of amides is 4. The topological polar surface area (TPSA) is 79.6 Å². The van der Waals surface area contributed by atoms with Crippen molar-refractivity contribution in [3.8, 4) is 0 Å². The number of barbiturate groups is 1. The predicted octanol–water partition coefficient (Wildman–Crippen LogP) is 4.54. The lowest BCUT2D eigenvalue weighted by Crippen LogP contribution is -2.54. The minimum atomic E-state index is -0.942. The Morgan fingerprint density at radius 1 is 1.03 bits per heavy atom. The molecule has 2 heterocycles. The van der Waals surface area contributed by atoms with E-state index in [0.717, 1.165) is 16.5 Å². The third kappa shape index (κ3) is 4.04. The normalized spacial score (nSPS) is 15.6. The van der Waals surface area contributed by atoms with Gasteiger partial charge in [-0.1, -0.05) is 35.5 Å². The van der Waals surface area contributed by atoms with Gasteiger partial charge in [-0.15, -0.1) is 0 Å². The predicted molar refractivity (Wildman–Crippen MR) is 109 cm³/mol. The maximum absolute atomic E-state index is 13.5. The highest BCUT2D eigenvalue weighted by molar-refractivity contribution is 7.99. The average Bonchev–Trinajstić information content (AvgIpc) is 3.14. The summed E-state index contributed by atoms with van der Waals surface area (Å²) in [5, 5.41) is 2.67. The molecule has 0 atom stereocenters. The van der Waals surface area contributed by atoms with Gasteiger partial charge in [0.15, 0.2) is 5.09 Å². The van der Waals surface area contributed by atoms with Gasteiger partial charge in [-0.3, -0.25) is 14.9 Å². The van der Waals surface area contributed by atoms with Gasteiger partial charge in [0.1, 0.15) is 17.2 Å². The summed E-state index contributed by atoms with van der Waals surface area (Å²) in [6, 6.07) is 15.3. The molecule has 0 spiro atoms. The van der Waals surface area contributed by atoms with E-state index < -0.39 is 23.7 Å². The molecule has 30 heavy (non-hydrogen) atoms. The first-order chi connectivity index (χ1) is 14.4. The van der Waals surface area contributed by atoms with Crippen LogP contribution >= 0.6 is 11.8 Å². The summed E-state index contributed by atoms with van der Waals surface area (Å²) in [5.74, 6) is -2.05. The van der Waals surface area contributed by atoms with Crippen LogP contribution in [0.1, 0.15) is 11.3 Å². The van der Waals surface area contributed by atoms with Crippen LogP contribution in [0, 0.1) is 12.7 Å². The average molecular weight is 422 g/mol. The third-order valence-corrected chi connectivity index (χ3v) is 5.22. The number of nitrogens with zero attached hydrogens (tertiary/aromatic N) is 1. The zero-order valence-corrected chi connectivity index (χ0v) is 16.5. The van der Waals surface area contributed by atoms with E-state index >= 15 is 0 Å². The quantitative estimate of drug-likeness (QED) is 0.493. The number of carbonyl (C=O) groups excluding carboxylic acids is 3. The van der Waals surface area contributed by atoms with Gasteiger partial charge in [0.25, 0.3) is 11.8 Å². The maximum Gasteiger partial charge on any atom is 0.335 e. The van der Waals surface area contributed by atoms with Crippen LogP contribution < -0.4 is 10.2 Å². The molecule has 0 radical (unpaired) electrons. The summed E-state index contributed by atoms with van der Waals surface area (Å²) >= 11 is 1.39. The Morgan fingerprint density at radius 2 is 1.80 bits per heavy atom. The van der Waals surface area contributed by atoms with Gasteiger partial charge in [0, 0.05) is 4.90 Å². The minimum Gasteiger partial charge on any atom is -0.450 e. The second-order valence-corrected chi connectivity index (χ2v) is 7.59. The fraction of sp³-hybridized carbons (Fsp3) is 0.0455. The van der Waals surface area contributed by atoms with Gasteiger partial charge in [0.05, 0.1) is 5.69 Å². The molecular weight excluding hydrogens is 407 g/mol. The molecule has 4 rings (SSSR count). The Labute approximate surface area is 175 Å². The number of benzene rings is 2. The molecule has 1 aromatic heterocycles. The first-order valence-corrected chi connectivity index (χ1v) is 9.74. The summed E-state index contributed by atoms with van der Waals surface area (Å²) in [4.78, 5) is 38.9. The van der Waals surface area contributed by atoms with Crippen molar-refractivity contribution in [2.75, 3.05) is 4.90 Å².